The van der Waals surface area contributed by atoms with Crippen molar-refractivity contribution >= 4 is 0 Å². The largest absolute Gasteiger partial charge is 0.377 e. The second-order valence-corrected chi connectivity index (χ2v) is 5.16. The number of rotatable bonds is 8. The van der Waals surface area contributed by atoms with Crippen LogP contribution in [0.15, 0.2) is 0 Å². The monoisotopic (exact) mass is 259 g/mol. The van der Waals surface area contributed by atoms with E-state index in [0.717, 1.165) is 32.5 Å². The van der Waals surface area contributed by atoms with Gasteiger partial charge in [-0.25, -0.2) is 0 Å². The quantitative estimate of drug-likeness (QED) is 0.626. The SMILES string of the molecule is CCOC(CCN1CCCC(C)(OC)C1)OCC. The van der Waals surface area contributed by atoms with Crippen LogP contribution in [0.25, 0.3) is 0 Å². The molecule has 1 unspecified atom stereocenters. The van der Waals surface area contributed by atoms with Gasteiger partial charge in [0.2, 0.25) is 0 Å². The van der Waals surface area contributed by atoms with E-state index in [1.165, 1.54) is 6.42 Å². The van der Waals surface area contributed by atoms with E-state index in [4.69, 9.17) is 14.2 Å². The Hall–Kier alpha value is -0.160. The van der Waals surface area contributed by atoms with Gasteiger partial charge in [0.15, 0.2) is 6.29 Å². The molecule has 0 aliphatic carbocycles. The number of piperidine rings is 1. The molecule has 4 heteroatoms. The summed E-state index contributed by atoms with van der Waals surface area (Å²) in [6.07, 6.45) is 3.23. The molecular weight excluding hydrogens is 230 g/mol. The number of methoxy groups -OCH3 is 1. The van der Waals surface area contributed by atoms with Crippen molar-refractivity contribution in [1.82, 2.24) is 4.90 Å². The van der Waals surface area contributed by atoms with Gasteiger partial charge in [0.1, 0.15) is 0 Å². The zero-order valence-corrected chi connectivity index (χ0v) is 12.4. The number of hydrogen-bond acceptors (Lipinski definition) is 4. The summed E-state index contributed by atoms with van der Waals surface area (Å²) in [6, 6.07) is 0. The Balaban J connectivity index is 2.32. The Morgan fingerprint density at radius 1 is 1.22 bits per heavy atom. The van der Waals surface area contributed by atoms with Gasteiger partial charge in [0.05, 0.1) is 5.60 Å². The zero-order valence-electron chi connectivity index (χ0n) is 12.4. The Kier molecular flexibility index (Phi) is 7.15. The summed E-state index contributed by atoms with van der Waals surface area (Å²) in [5, 5.41) is 0. The zero-order chi connectivity index (χ0) is 13.4. The molecule has 1 rings (SSSR count). The molecule has 0 N–H and O–H groups in total. The van der Waals surface area contributed by atoms with Crippen molar-refractivity contribution in [2.75, 3.05) is 40.0 Å². The van der Waals surface area contributed by atoms with E-state index in [-0.39, 0.29) is 11.9 Å². The van der Waals surface area contributed by atoms with E-state index in [2.05, 4.69) is 11.8 Å². The van der Waals surface area contributed by atoms with Gasteiger partial charge in [0, 0.05) is 39.8 Å². The van der Waals surface area contributed by atoms with Crippen molar-refractivity contribution in [2.45, 2.75) is 51.9 Å². The maximum absolute atomic E-state index is 5.61. The summed E-state index contributed by atoms with van der Waals surface area (Å²) in [6.45, 7) is 10.8. The Labute approximate surface area is 112 Å². The Bertz CT molecular complexity index is 219. The average molecular weight is 259 g/mol. The fraction of sp³-hybridized carbons (Fsp3) is 1.00. The minimum absolute atomic E-state index is 0.0188. The Morgan fingerprint density at radius 2 is 1.89 bits per heavy atom. The van der Waals surface area contributed by atoms with E-state index in [1.807, 2.05) is 21.0 Å². The van der Waals surface area contributed by atoms with Crippen LogP contribution in [0.1, 0.15) is 40.0 Å². The molecule has 0 aromatic heterocycles. The first-order valence-corrected chi connectivity index (χ1v) is 7.14. The summed E-state index contributed by atoms with van der Waals surface area (Å²) < 4.78 is 16.7. The second-order valence-electron chi connectivity index (χ2n) is 5.16. The molecule has 18 heavy (non-hydrogen) atoms. The topological polar surface area (TPSA) is 30.9 Å². The maximum atomic E-state index is 5.61. The summed E-state index contributed by atoms with van der Waals surface area (Å²) in [5.74, 6) is 0. The van der Waals surface area contributed by atoms with E-state index in [0.29, 0.717) is 13.2 Å². The standard InChI is InChI=1S/C14H29NO3/c1-5-17-13(18-6-2)8-11-15-10-7-9-14(3,12-15)16-4/h13H,5-12H2,1-4H3. The molecule has 0 amide bonds. The van der Waals surface area contributed by atoms with Crippen molar-refractivity contribution in [3.8, 4) is 0 Å². The molecule has 1 aliphatic heterocycles. The minimum atomic E-state index is -0.0595. The van der Waals surface area contributed by atoms with E-state index < -0.39 is 0 Å². The van der Waals surface area contributed by atoms with Crippen LogP contribution in [-0.4, -0.2) is 56.7 Å². The van der Waals surface area contributed by atoms with Crippen LogP contribution in [0.2, 0.25) is 0 Å². The lowest BCUT2D eigenvalue weighted by molar-refractivity contribution is -0.144. The van der Waals surface area contributed by atoms with Gasteiger partial charge in [-0.05, 0) is 40.2 Å². The highest BCUT2D eigenvalue weighted by Gasteiger charge is 2.30. The predicted octanol–water partition coefficient (Wildman–Crippen LogP) is 2.28. The molecule has 0 bridgehead atoms. The van der Waals surface area contributed by atoms with Crippen LogP contribution in [0.5, 0.6) is 0 Å². The first kappa shape index (κ1) is 15.9. The van der Waals surface area contributed by atoms with E-state index in [9.17, 15) is 0 Å². The van der Waals surface area contributed by atoms with Crippen molar-refractivity contribution in [3.05, 3.63) is 0 Å². The molecule has 1 heterocycles. The third-order valence-electron chi connectivity index (χ3n) is 3.62. The first-order valence-electron chi connectivity index (χ1n) is 7.14. The van der Waals surface area contributed by atoms with Crippen molar-refractivity contribution < 1.29 is 14.2 Å². The van der Waals surface area contributed by atoms with Crippen LogP contribution in [0.4, 0.5) is 0 Å². The third kappa shape index (κ3) is 5.22. The van der Waals surface area contributed by atoms with Gasteiger partial charge in [-0.2, -0.15) is 0 Å². The molecule has 1 saturated heterocycles. The Morgan fingerprint density at radius 3 is 2.44 bits per heavy atom. The summed E-state index contributed by atoms with van der Waals surface area (Å²) in [5.41, 5.74) is 0.0188. The number of likely N-dealkylation sites (tertiary alicyclic amines) is 1. The highest BCUT2D eigenvalue weighted by atomic mass is 16.7. The van der Waals surface area contributed by atoms with Crippen LogP contribution in [-0.2, 0) is 14.2 Å². The fourth-order valence-electron chi connectivity index (χ4n) is 2.54. The smallest absolute Gasteiger partial charge is 0.158 e. The summed E-state index contributed by atoms with van der Waals surface area (Å²) in [4.78, 5) is 2.46. The number of hydrogen-bond donors (Lipinski definition) is 0. The molecule has 0 aromatic carbocycles. The van der Waals surface area contributed by atoms with Crippen molar-refractivity contribution in [1.29, 1.82) is 0 Å². The maximum Gasteiger partial charge on any atom is 0.158 e. The molecule has 0 spiro atoms. The average Bonchev–Trinajstić information content (AvgIpc) is 2.37. The molecule has 108 valence electrons. The van der Waals surface area contributed by atoms with Crippen LogP contribution < -0.4 is 0 Å². The number of nitrogens with zero attached hydrogens (tertiary/aromatic N) is 1. The van der Waals surface area contributed by atoms with Gasteiger partial charge in [-0.15, -0.1) is 0 Å². The van der Waals surface area contributed by atoms with Gasteiger partial charge in [-0.3, -0.25) is 0 Å². The van der Waals surface area contributed by atoms with E-state index in [1.54, 1.807) is 0 Å². The van der Waals surface area contributed by atoms with Gasteiger partial charge < -0.3 is 19.1 Å². The molecule has 0 saturated carbocycles. The summed E-state index contributed by atoms with van der Waals surface area (Å²) >= 11 is 0. The lowest BCUT2D eigenvalue weighted by atomic mass is 9.94. The highest BCUT2D eigenvalue weighted by Crippen LogP contribution is 2.24. The molecular formula is C14H29NO3. The lowest BCUT2D eigenvalue weighted by Gasteiger charge is -2.39. The molecule has 0 aromatic rings. The normalized spacial score (nSPS) is 25.8. The highest BCUT2D eigenvalue weighted by molar-refractivity contribution is 4.84. The molecule has 1 fully saturated rings. The molecule has 4 nitrogen and oxygen atoms in total. The second kappa shape index (κ2) is 8.10. The predicted molar refractivity (Wildman–Crippen MR) is 72.7 cm³/mol. The summed E-state index contributed by atoms with van der Waals surface area (Å²) in [7, 11) is 1.81. The number of ether oxygens (including phenoxy) is 3. The van der Waals surface area contributed by atoms with Gasteiger partial charge >= 0.3 is 0 Å². The van der Waals surface area contributed by atoms with Crippen molar-refractivity contribution in [3.63, 3.8) is 0 Å². The van der Waals surface area contributed by atoms with Gasteiger partial charge in [-0.1, -0.05) is 0 Å². The van der Waals surface area contributed by atoms with E-state index >= 15 is 0 Å². The molecule has 1 atom stereocenters. The van der Waals surface area contributed by atoms with Crippen LogP contribution >= 0.6 is 0 Å². The van der Waals surface area contributed by atoms with Gasteiger partial charge in [0.25, 0.3) is 0 Å². The third-order valence-corrected chi connectivity index (χ3v) is 3.62. The molecule has 0 radical (unpaired) electrons. The van der Waals surface area contributed by atoms with Crippen molar-refractivity contribution in [2.24, 2.45) is 0 Å². The van der Waals surface area contributed by atoms with Crippen LogP contribution in [0, 0.1) is 0 Å². The molecule has 1 aliphatic rings. The van der Waals surface area contributed by atoms with Crippen LogP contribution in [0.3, 0.4) is 0 Å². The lowest BCUT2D eigenvalue weighted by Crippen LogP contribution is -2.48. The minimum Gasteiger partial charge on any atom is -0.377 e. The first-order chi connectivity index (χ1) is 8.63. The fourth-order valence-corrected chi connectivity index (χ4v) is 2.54.